The van der Waals surface area contributed by atoms with Crippen LogP contribution in [0.4, 0.5) is 5.69 Å². The summed E-state index contributed by atoms with van der Waals surface area (Å²) in [7, 11) is 0. The highest BCUT2D eigenvalue weighted by molar-refractivity contribution is 6.32. The maximum absolute atomic E-state index is 6.45. The molecular weight excluding hydrogens is 336 g/mol. The molecule has 0 radical (unpaired) electrons. The van der Waals surface area contributed by atoms with Crippen LogP contribution in [0.25, 0.3) is 23.3 Å². The van der Waals surface area contributed by atoms with Gasteiger partial charge in [0.25, 0.3) is 0 Å². The van der Waals surface area contributed by atoms with E-state index in [9.17, 15) is 0 Å². The van der Waals surface area contributed by atoms with Gasteiger partial charge in [-0.1, -0.05) is 23.7 Å². The van der Waals surface area contributed by atoms with Gasteiger partial charge in [0.2, 0.25) is 5.89 Å². The molecule has 2 heterocycles. The molecule has 0 bridgehead atoms. The highest BCUT2D eigenvalue weighted by Crippen LogP contribution is 2.26. The summed E-state index contributed by atoms with van der Waals surface area (Å²) in [4.78, 5) is 6.77. The Balaban J connectivity index is 1.55. The van der Waals surface area contributed by atoms with E-state index in [1.165, 1.54) is 0 Å². The number of hydrogen-bond acceptors (Lipinski definition) is 4. The lowest BCUT2D eigenvalue weighted by Crippen LogP contribution is -2.36. The second-order valence-electron chi connectivity index (χ2n) is 6.16. The fourth-order valence-electron chi connectivity index (χ4n) is 2.96. The lowest BCUT2D eigenvalue weighted by atomic mass is 10.1. The van der Waals surface area contributed by atoms with E-state index in [-0.39, 0.29) is 0 Å². The summed E-state index contributed by atoms with van der Waals surface area (Å²) in [5, 5.41) is 0.715. The number of oxazole rings is 1. The molecule has 5 heteroatoms. The fourth-order valence-corrected chi connectivity index (χ4v) is 3.19. The summed E-state index contributed by atoms with van der Waals surface area (Å²) in [6.07, 6.45) is 3.79. The number of morpholine rings is 1. The Morgan fingerprint density at radius 1 is 1.08 bits per heavy atom. The Morgan fingerprint density at radius 2 is 1.92 bits per heavy atom. The van der Waals surface area contributed by atoms with Gasteiger partial charge in [-0.15, -0.1) is 0 Å². The molecule has 1 fully saturated rings. The summed E-state index contributed by atoms with van der Waals surface area (Å²) < 4.78 is 11.1. The highest BCUT2D eigenvalue weighted by atomic mass is 35.5. The van der Waals surface area contributed by atoms with Gasteiger partial charge < -0.3 is 14.1 Å². The highest BCUT2D eigenvalue weighted by Gasteiger charge is 2.12. The number of rotatable bonds is 3. The van der Waals surface area contributed by atoms with E-state index in [1.54, 1.807) is 0 Å². The van der Waals surface area contributed by atoms with Gasteiger partial charge in [0.05, 0.1) is 13.2 Å². The molecule has 0 atom stereocenters. The molecule has 0 spiro atoms. The van der Waals surface area contributed by atoms with Crippen molar-refractivity contribution in [1.82, 2.24) is 4.98 Å². The Hall–Kier alpha value is -2.30. The number of hydrogen-bond donors (Lipinski definition) is 0. The Kier molecular flexibility index (Phi) is 4.47. The Morgan fingerprint density at radius 3 is 2.72 bits per heavy atom. The van der Waals surface area contributed by atoms with Gasteiger partial charge in [-0.2, -0.15) is 0 Å². The second kappa shape index (κ2) is 6.90. The summed E-state index contributed by atoms with van der Waals surface area (Å²) in [6.45, 7) is 5.36. The first-order chi connectivity index (χ1) is 12.2. The van der Waals surface area contributed by atoms with Crippen LogP contribution in [-0.4, -0.2) is 31.3 Å². The van der Waals surface area contributed by atoms with Gasteiger partial charge in [-0.05, 0) is 48.4 Å². The molecule has 4 rings (SSSR count). The SMILES string of the molecule is Cc1ccc2oc(/C=C/c3ccc(N4CCOCC4)cc3Cl)nc2c1. The predicted molar refractivity (Wildman–Crippen MR) is 102 cm³/mol. The van der Waals surface area contributed by atoms with Gasteiger partial charge in [0, 0.05) is 29.9 Å². The first kappa shape index (κ1) is 16.2. The maximum Gasteiger partial charge on any atom is 0.220 e. The zero-order valence-electron chi connectivity index (χ0n) is 14.0. The van der Waals surface area contributed by atoms with Crippen LogP contribution in [0.5, 0.6) is 0 Å². The van der Waals surface area contributed by atoms with E-state index >= 15 is 0 Å². The average Bonchev–Trinajstić information content (AvgIpc) is 3.03. The maximum atomic E-state index is 6.45. The minimum Gasteiger partial charge on any atom is -0.437 e. The molecule has 0 N–H and O–H groups in total. The number of nitrogens with zero attached hydrogens (tertiary/aromatic N) is 2. The largest absolute Gasteiger partial charge is 0.437 e. The zero-order valence-corrected chi connectivity index (χ0v) is 14.8. The van der Waals surface area contributed by atoms with E-state index in [1.807, 2.05) is 49.4 Å². The number of aryl methyl sites for hydroxylation is 1. The third kappa shape index (κ3) is 3.55. The van der Waals surface area contributed by atoms with Crippen molar-refractivity contribution in [2.24, 2.45) is 0 Å². The summed E-state index contributed by atoms with van der Waals surface area (Å²) in [6, 6.07) is 12.1. The second-order valence-corrected chi connectivity index (χ2v) is 6.57. The van der Waals surface area contributed by atoms with Crippen LogP contribution in [0.2, 0.25) is 5.02 Å². The lowest BCUT2D eigenvalue weighted by molar-refractivity contribution is 0.122. The molecule has 0 saturated carbocycles. The average molecular weight is 355 g/mol. The van der Waals surface area contributed by atoms with Crippen molar-refractivity contribution in [3.63, 3.8) is 0 Å². The van der Waals surface area contributed by atoms with Crippen molar-refractivity contribution in [2.75, 3.05) is 31.2 Å². The van der Waals surface area contributed by atoms with Crippen molar-refractivity contribution >= 4 is 40.5 Å². The standard InChI is InChI=1S/C20H19ClN2O2/c1-14-2-6-19-18(12-14)22-20(25-19)7-4-15-3-5-16(13-17(15)21)23-8-10-24-11-9-23/h2-7,12-13H,8-11H2,1H3/b7-4+. The van der Waals surface area contributed by atoms with Crippen LogP contribution in [-0.2, 0) is 4.74 Å². The van der Waals surface area contributed by atoms with Crippen molar-refractivity contribution in [3.05, 3.63) is 58.4 Å². The third-order valence-corrected chi connectivity index (χ3v) is 4.65. The first-order valence-corrected chi connectivity index (χ1v) is 8.74. The van der Waals surface area contributed by atoms with E-state index in [0.29, 0.717) is 10.9 Å². The molecule has 128 valence electrons. The van der Waals surface area contributed by atoms with Gasteiger partial charge in [-0.25, -0.2) is 4.98 Å². The summed E-state index contributed by atoms with van der Waals surface area (Å²) in [5.74, 6) is 0.578. The van der Waals surface area contributed by atoms with Crippen LogP contribution in [0, 0.1) is 6.92 Å². The lowest BCUT2D eigenvalue weighted by Gasteiger charge is -2.29. The minimum absolute atomic E-state index is 0.578. The van der Waals surface area contributed by atoms with Crippen molar-refractivity contribution in [2.45, 2.75) is 6.92 Å². The molecule has 1 aliphatic rings. The third-order valence-electron chi connectivity index (χ3n) is 4.33. The molecule has 3 aromatic rings. The van der Waals surface area contributed by atoms with Gasteiger partial charge >= 0.3 is 0 Å². The number of anilines is 1. The smallest absolute Gasteiger partial charge is 0.220 e. The molecule has 0 aliphatic carbocycles. The van der Waals surface area contributed by atoms with E-state index in [2.05, 4.69) is 16.0 Å². The molecule has 25 heavy (non-hydrogen) atoms. The number of fused-ring (bicyclic) bond motifs is 1. The molecule has 0 amide bonds. The number of benzene rings is 2. The molecule has 4 nitrogen and oxygen atoms in total. The Bertz CT molecular complexity index is 927. The Labute approximate surface area is 151 Å². The number of aromatic nitrogens is 1. The summed E-state index contributed by atoms with van der Waals surface area (Å²) >= 11 is 6.45. The quantitative estimate of drug-likeness (QED) is 0.677. The van der Waals surface area contributed by atoms with E-state index in [4.69, 9.17) is 20.8 Å². The van der Waals surface area contributed by atoms with Crippen molar-refractivity contribution in [3.8, 4) is 0 Å². The van der Waals surface area contributed by atoms with Crippen LogP contribution in [0.15, 0.2) is 40.8 Å². The van der Waals surface area contributed by atoms with Gasteiger partial charge in [-0.3, -0.25) is 0 Å². The minimum atomic E-state index is 0.578. The van der Waals surface area contributed by atoms with Crippen LogP contribution in [0.1, 0.15) is 17.0 Å². The zero-order chi connectivity index (χ0) is 17.2. The molecule has 1 aliphatic heterocycles. The van der Waals surface area contributed by atoms with E-state index < -0.39 is 0 Å². The first-order valence-electron chi connectivity index (χ1n) is 8.36. The fraction of sp³-hybridized carbons (Fsp3) is 0.250. The van der Waals surface area contributed by atoms with Crippen molar-refractivity contribution < 1.29 is 9.15 Å². The number of ether oxygens (including phenoxy) is 1. The summed E-state index contributed by atoms with van der Waals surface area (Å²) in [5.41, 5.74) is 4.89. The van der Waals surface area contributed by atoms with Crippen LogP contribution < -0.4 is 4.90 Å². The molecule has 0 unspecified atom stereocenters. The monoisotopic (exact) mass is 354 g/mol. The topological polar surface area (TPSA) is 38.5 Å². The molecular formula is C20H19ClN2O2. The predicted octanol–water partition coefficient (Wildman–Crippen LogP) is 4.80. The molecule has 1 saturated heterocycles. The van der Waals surface area contributed by atoms with Crippen LogP contribution >= 0.6 is 11.6 Å². The molecule has 2 aromatic carbocycles. The van der Waals surface area contributed by atoms with Gasteiger partial charge in [0.1, 0.15) is 5.52 Å². The van der Waals surface area contributed by atoms with E-state index in [0.717, 1.165) is 54.2 Å². The number of halogens is 1. The normalized spacial score (nSPS) is 15.4. The van der Waals surface area contributed by atoms with Crippen molar-refractivity contribution in [1.29, 1.82) is 0 Å². The van der Waals surface area contributed by atoms with Crippen LogP contribution in [0.3, 0.4) is 0 Å². The molecule has 1 aromatic heterocycles. The van der Waals surface area contributed by atoms with Gasteiger partial charge in [0.15, 0.2) is 5.58 Å².